The first-order chi connectivity index (χ1) is 11.2. The van der Waals surface area contributed by atoms with Crippen LogP contribution in [0, 0.1) is 12.3 Å². The van der Waals surface area contributed by atoms with Gasteiger partial charge in [-0.3, -0.25) is 9.69 Å². The maximum absolute atomic E-state index is 12.4. The van der Waals surface area contributed by atoms with Crippen molar-refractivity contribution in [2.24, 2.45) is 5.41 Å². The van der Waals surface area contributed by atoms with Gasteiger partial charge < -0.3 is 9.32 Å². The molecule has 1 aromatic heterocycles. The highest BCUT2D eigenvalue weighted by Gasteiger charge is 2.44. The summed E-state index contributed by atoms with van der Waals surface area (Å²) in [4.78, 5) is 15.5. The minimum absolute atomic E-state index is 0.0683. The van der Waals surface area contributed by atoms with Gasteiger partial charge in [-0.1, -0.05) is 0 Å². The average Bonchev–Trinajstić information content (AvgIpc) is 3.05. The third kappa shape index (κ3) is 4.12. The fourth-order valence-electron chi connectivity index (χ4n) is 4.00. The number of carbonyl (C=O) groups is 1. The second-order valence-corrected chi connectivity index (χ2v) is 7.18. The summed E-state index contributed by atoms with van der Waals surface area (Å²) in [5.74, 6) is 0.993. The van der Waals surface area contributed by atoms with E-state index in [9.17, 15) is 18.0 Å². The van der Waals surface area contributed by atoms with E-state index in [1.54, 1.807) is 0 Å². The minimum atomic E-state index is -4.43. The third-order valence-electron chi connectivity index (χ3n) is 5.06. The maximum atomic E-state index is 12.4. The summed E-state index contributed by atoms with van der Waals surface area (Å²) >= 11 is 0. The molecule has 2 aliphatic heterocycles. The summed E-state index contributed by atoms with van der Waals surface area (Å²) in [5, 5.41) is 0. The zero-order chi connectivity index (χ0) is 17.4. The number of likely N-dealkylation sites (tertiary alicyclic amines) is 2. The van der Waals surface area contributed by atoms with Crippen molar-refractivity contribution in [3.63, 3.8) is 0 Å². The first-order valence-electron chi connectivity index (χ1n) is 8.37. The molecule has 1 amide bonds. The molecular weight excluding hydrogens is 321 g/mol. The number of alkyl halides is 3. The van der Waals surface area contributed by atoms with Crippen molar-refractivity contribution < 1.29 is 22.4 Å². The monoisotopic (exact) mass is 344 g/mol. The molecule has 1 atom stereocenters. The van der Waals surface area contributed by atoms with Gasteiger partial charge in [0, 0.05) is 25.0 Å². The summed E-state index contributed by atoms with van der Waals surface area (Å²) < 4.78 is 42.9. The summed E-state index contributed by atoms with van der Waals surface area (Å²) in [5.41, 5.74) is -0.0683. The van der Waals surface area contributed by atoms with E-state index in [2.05, 4.69) is 4.90 Å². The van der Waals surface area contributed by atoms with Crippen LogP contribution in [-0.2, 0) is 11.3 Å². The minimum Gasteiger partial charge on any atom is -0.465 e. The number of furan rings is 1. The van der Waals surface area contributed by atoms with Crippen LogP contribution in [0.25, 0.3) is 0 Å². The van der Waals surface area contributed by atoms with Gasteiger partial charge in [-0.05, 0) is 44.9 Å². The van der Waals surface area contributed by atoms with Gasteiger partial charge in [0.1, 0.15) is 17.9 Å². The smallest absolute Gasteiger partial charge is 0.397 e. The van der Waals surface area contributed by atoms with Crippen molar-refractivity contribution in [3.05, 3.63) is 23.7 Å². The first-order valence-corrected chi connectivity index (χ1v) is 8.37. The van der Waals surface area contributed by atoms with Crippen LogP contribution in [0.4, 0.5) is 13.2 Å². The lowest BCUT2D eigenvalue weighted by Gasteiger charge is -2.40. The molecule has 7 heteroatoms. The fourth-order valence-corrected chi connectivity index (χ4v) is 4.00. The van der Waals surface area contributed by atoms with Crippen LogP contribution in [0.15, 0.2) is 16.5 Å². The Hall–Kier alpha value is -1.50. The molecule has 0 N–H and O–H groups in total. The van der Waals surface area contributed by atoms with Crippen molar-refractivity contribution in [3.8, 4) is 0 Å². The molecular formula is C17H23F3N2O2. The van der Waals surface area contributed by atoms with Crippen LogP contribution in [0.3, 0.4) is 0 Å². The van der Waals surface area contributed by atoms with Crippen molar-refractivity contribution in [1.82, 2.24) is 9.80 Å². The van der Waals surface area contributed by atoms with Gasteiger partial charge in [-0.25, -0.2) is 0 Å². The van der Waals surface area contributed by atoms with Crippen LogP contribution in [0.5, 0.6) is 0 Å². The molecule has 134 valence electrons. The second kappa shape index (κ2) is 6.43. The number of halogens is 3. The quantitative estimate of drug-likeness (QED) is 0.844. The summed E-state index contributed by atoms with van der Waals surface area (Å²) in [6, 6.07) is 3.90. The van der Waals surface area contributed by atoms with Gasteiger partial charge in [0.15, 0.2) is 0 Å². The fraction of sp³-hybridized carbons (Fsp3) is 0.706. The molecule has 4 nitrogen and oxygen atoms in total. The molecule has 3 heterocycles. The Morgan fingerprint density at radius 1 is 1.25 bits per heavy atom. The predicted octanol–water partition coefficient (Wildman–Crippen LogP) is 3.35. The number of hydrogen-bond donors (Lipinski definition) is 0. The van der Waals surface area contributed by atoms with E-state index >= 15 is 0 Å². The van der Waals surface area contributed by atoms with E-state index in [1.807, 2.05) is 19.1 Å². The molecule has 0 radical (unpaired) electrons. The number of nitrogens with zero attached hydrogens (tertiary/aromatic N) is 2. The Morgan fingerprint density at radius 2 is 2.04 bits per heavy atom. The Labute approximate surface area is 139 Å². The van der Waals surface area contributed by atoms with Crippen molar-refractivity contribution >= 4 is 5.91 Å². The van der Waals surface area contributed by atoms with Gasteiger partial charge in [0.25, 0.3) is 0 Å². The molecule has 24 heavy (non-hydrogen) atoms. The number of hydrogen-bond acceptors (Lipinski definition) is 3. The van der Waals surface area contributed by atoms with Crippen LogP contribution in [0.1, 0.15) is 37.2 Å². The third-order valence-corrected chi connectivity index (χ3v) is 5.06. The average molecular weight is 344 g/mol. The van der Waals surface area contributed by atoms with Gasteiger partial charge in [-0.15, -0.1) is 0 Å². The highest BCUT2D eigenvalue weighted by molar-refractivity contribution is 5.77. The van der Waals surface area contributed by atoms with E-state index in [0.29, 0.717) is 19.6 Å². The maximum Gasteiger partial charge on any atom is 0.397 e. The SMILES string of the molecule is Cc1ccc(CN2CCC[C@@]3(CCN(C(=O)CC(F)(F)F)C3)C2)o1. The lowest BCUT2D eigenvalue weighted by Crippen LogP contribution is -2.45. The van der Waals surface area contributed by atoms with E-state index in [4.69, 9.17) is 4.42 Å². The Bertz CT molecular complexity index is 599. The van der Waals surface area contributed by atoms with E-state index in [0.717, 1.165) is 43.9 Å². The van der Waals surface area contributed by atoms with Crippen LogP contribution in [0.2, 0.25) is 0 Å². The lowest BCUT2D eigenvalue weighted by molar-refractivity contribution is -0.161. The molecule has 2 aliphatic rings. The van der Waals surface area contributed by atoms with Crippen LogP contribution >= 0.6 is 0 Å². The summed E-state index contributed by atoms with van der Waals surface area (Å²) in [7, 11) is 0. The van der Waals surface area contributed by atoms with Gasteiger partial charge >= 0.3 is 6.18 Å². The van der Waals surface area contributed by atoms with Crippen LogP contribution < -0.4 is 0 Å². The zero-order valence-electron chi connectivity index (χ0n) is 13.9. The summed E-state index contributed by atoms with van der Waals surface area (Å²) in [6.07, 6.45) is -3.02. The number of rotatable bonds is 3. The normalized spacial score (nSPS) is 25.6. The second-order valence-electron chi connectivity index (χ2n) is 7.18. The number of piperidine rings is 1. The standard InChI is InChI=1S/C17H23F3N2O2/c1-13-3-4-14(24-13)10-21-7-2-5-16(11-21)6-8-22(12-16)15(23)9-17(18,19)20/h3-4H,2,5-12H2,1H3/t16-/m1/s1. The Kier molecular flexibility index (Phi) is 4.64. The molecule has 2 saturated heterocycles. The topological polar surface area (TPSA) is 36.7 Å². The van der Waals surface area contributed by atoms with E-state index in [-0.39, 0.29) is 5.41 Å². The molecule has 2 fully saturated rings. The van der Waals surface area contributed by atoms with Crippen molar-refractivity contribution in [2.75, 3.05) is 26.2 Å². The molecule has 0 unspecified atom stereocenters. The Morgan fingerprint density at radius 3 is 2.71 bits per heavy atom. The van der Waals surface area contributed by atoms with Crippen molar-refractivity contribution in [1.29, 1.82) is 0 Å². The molecule has 0 bridgehead atoms. The zero-order valence-corrected chi connectivity index (χ0v) is 13.9. The van der Waals surface area contributed by atoms with Gasteiger partial charge in [0.2, 0.25) is 5.91 Å². The molecule has 1 aromatic rings. The number of amides is 1. The van der Waals surface area contributed by atoms with Gasteiger partial charge in [0.05, 0.1) is 6.54 Å². The Balaban J connectivity index is 1.59. The highest BCUT2D eigenvalue weighted by Crippen LogP contribution is 2.40. The lowest BCUT2D eigenvalue weighted by atomic mass is 9.79. The molecule has 0 aromatic carbocycles. The highest BCUT2D eigenvalue weighted by atomic mass is 19.4. The van der Waals surface area contributed by atoms with E-state index in [1.165, 1.54) is 4.90 Å². The van der Waals surface area contributed by atoms with Gasteiger partial charge in [-0.2, -0.15) is 13.2 Å². The predicted molar refractivity (Wildman–Crippen MR) is 82.3 cm³/mol. The molecule has 3 rings (SSSR count). The largest absolute Gasteiger partial charge is 0.465 e. The first kappa shape index (κ1) is 17.3. The summed E-state index contributed by atoms with van der Waals surface area (Å²) in [6.45, 7) is 5.26. The molecule has 0 saturated carbocycles. The molecule has 1 spiro atoms. The number of aryl methyl sites for hydroxylation is 1. The van der Waals surface area contributed by atoms with Crippen LogP contribution in [-0.4, -0.2) is 48.1 Å². The number of carbonyl (C=O) groups excluding carboxylic acids is 1. The molecule has 0 aliphatic carbocycles. The van der Waals surface area contributed by atoms with Crippen molar-refractivity contribution in [2.45, 2.75) is 45.3 Å². The van der Waals surface area contributed by atoms with E-state index < -0.39 is 18.5 Å².